The van der Waals surface area contributed by atoms with Gasteiger partial charge in [-0.05, 0) is 30.5 Å². The van der Waals surface area contributed by atoms with Crippen LogP contribution in [0.3, 0.4) is 0 Å². The molecular formula is C13H22NO3PS. The van der Waals surface area contributed by atoms with Gasteiger partial charge in [-0.15, -0.1) is 0 Å². The van der Waals surface area contributed by atoms with E-state index in [0.29, 0.717) is 6.54 Å². The first-order valence-electron chi connectivity index (χ1n) is 6.36. The van der Waals surface area contributed by atoms with Crippen molar-refractivity contribution in [2.75, 3.05) is 13.7 Å². The molecular weight excluding hydrogens is 281 g/mol. The highest BCUT2D eigenvalue weighted by Gasteiger charge is 2.20. The van der Waals surface area contributed by atoms with E-state index >= 15 is 0 Å². The molecule has 0 aliphatic rings. The minimum Gasteiger partial charge on any atom is -0.497 e. The van der Waals surface area contributed by atoms with Crippen LogP contribution in [-0.4, -0.2) is 23.8 Å². The van der Waals surface area contributed by atoms with Crippen LogP contribution in [0.2, 0.25) is 0 Å². The normalized spacial score (nSPS) is 15.8. The van der Waals surface area contributed by atoms with Gasteiger partial charge in [0.05, 0.1) is 7.11 Å². The Morgan fingerprint density at radius 1 is 1.42 bits per heavy atom. The van der Waals surface area contributed by atoms with Crippen molar-refractivity contribution in [3.05, 3.63) is 29.8 Å². The lowest BCUT2D eigenvalue weighted by Gasteiger charge is -2.15. The van der Waals surface area contributed by atoms with E-state index in [4.69, 9.17) is 4.74 Å². The highest BCUT2D eigenvalue weighted by Crippen LogP contribution is 2.53. The van der Waals surface area contributed by atoms with Gasteiger partial charge in [-0.3, -0.25) is 4.57 Å². The number of methoxy groups -OCH3 is 1. The molecule has 0 aliphatic heterocycles. The van der Waals surface area contributed by atoms with Crippen molar-refractivity contribution in [1.82, 2.24) is 5.09 Å². The van der Waals surface area contributed by atoms with Crippen molar-refractivity contribution in [2.45, 2.75) is 31.9 Å². The topological polar surface area (TPSA) is 58.6 Å². The van der Waals surface area contributed by atoms with Crippen LogP contribution in [-0.2, 0) is 11.0 Å². The summed E-state index contributed by atoms with van der Waals surface area (Å²) in [7, 11) is 1.63. The lowest BCUT2D eigenvalue weighted by molar-refractivity contribution is 0.414. The summed E-state index contributed by atoms with van der Waals surface area (Å²) in [4.78, 5) is 9.76. The van der Waals surface area contributed by atoms with E-state index in [1.165, 1.54) is 0 Å². The van der Waals surface area contributed by atoms with Crippen LogP contribution >= 0.6 is 18.1 Å². The molecule has 1 aromatic carbocycles. The van der Waals surface area contributed by atoms with Gasteiger partial charge < -0.3 is 9.63 Å². The Bertz CT molecular complexity index is 424. The Hall–Kier alpha value is -0.480. The molecule has 1 aromatic rings. The zero-order valence-electron chi connectivity index (χ0n) is 11.6. The van der Waals surface area contributed by atoms with Gasteiger partial charge in [0.2, 0.25) is 0 Å². The van der Waals surface area contributed by atoms with Gasteiger partial charge >= 0.3 is 6.72 Å². The largest absolute Gasteiger partial charge is 0.497 e. The Kier molecular flexibility index (Phi) is 6.94. The lowest BCUT2D eigenvalue weighted by Crippen LogP contribution is -2.13. The molecule has 19 heavy (non-hydrogen) atoms. The van der Waals surface area contributed by atoms with Gasteiger partial charge in [0.15, 0.2) is 0 Å². The van der Waals surface area contributed by atoms with Crippen molar-refractivity contribution < 1.29 is 14.2 Å². The molecule has 0 heterocycles. The maximum Gasteiger partial charge on any atom is 0.324 e. The van der Waals surface area contributed by atoms with E-state index in [0.717, 1.165) is 35.5 Å². The number of benzene rings is 1. The van der Waals surface area contributed by atoms with E-state index in [9.17, 15) is 9.46 Å². The third kappa shape index (κ3) is 6.48. The van der Waals surface area contributed by atoms with Gasteiger partial charge in [-0.1, -0.05) is 37.4 Å². The van der Waals surface area contributed by atoms with Crippen LogP contribution in [0.15, 0.2) is 24.3 Å². The molecule has 2 atom stereocenters. The number of hydrogen-bond acceptors (Lipinski definition) is 3. The molecule has 0 saturated carbocycles. The molecule has 108 valence electrons. The molecule has 0 saturated heterocycles. The fourth-order valence-electron chi connectivity index (χ4n) is 1.49. The molecule has 6 heteroatoms. The fourth-order valence-corrected chi connectivity index (χ4v) is 5.00. The average molecular weight is 303 g/mol. The number of nitrogens with one attached hydrogen (secondary N) is 1. The first-order valence-corrected chi connectivity index (χ1v) is 9.50. The molecule has 2 unspecified atom stereocenters. The molecule has 0 spiro atoms. The summed E-state index contributed by atoms with van der Waals surface area (Å²) in [5, 5.41) is 2.93. The molecule has 4 nitrogen and oxygen atoms in total. The summed E-state index contributed by atoms with van der Waals surface area (Å²) in [5.41, 5.74) is 1.11. The van der Waals surface area contributed by atoms with E-state index in [-0.39, 0.29) is 5.25 Å². The zero-order chi connectivity index (χ0) is 14.3. The standard InChI is InChI=1S/C13H22NO3PS/c1-4-11(2)19-18(15,16)14-10-9-12-5-7-13(17-3)8-6-12/h5-8,11H,4,9-10H2,1-3H3,(H2,14,15,16). The van der Waals surface area contributed by atoms with Crippen LogP contribution in [0.5, 0.6) is 5.75 Å². The molecule has 1 rings (SSSR count). The van der Waals surface area contributed by atoms with Crippen molar-refractivity contribution in [3.63, 3.8) is 0 Å². The Morgan fingerprint density at radius 3 is 2.58 bits per heavy atom. The first-order chi connectivity index (χ1) is 8.96. The molecule has 0 amide bonds. The van der Waals surface area contributed by atoms with Crippen LogP contribution in [0.4, 0.5) is 0 Å². The molecule has 0 radical (unpaired) electrons. The zero-order valence-corrected chi connectivity index (χ0v) is 13.3. The van der Waals surface area contributed by atoms with E-state index in [1.54, 1.807) is 7.11 Å². The Balaban J connectivity index is 2.38. The monoisotopic (exact) mass is 303 g/mol. The van der Waals surface area contributed by atoms with Crippen LogP contribution in [0.1, 0.15) is 25.8 Å². The lowest BCUT2D eigenvalue weighted by atomic mass is 10.1. The Labute approximate surface area is 119 Å². The maximum atomic E-state index is 11.9. The van der Waals surface area contributed by atoms with Gasteiger partial charge in [0.1, 0.15) is 5.75 Å². The van der Waals surface area contributed by atoms with Crippen molar-refractivity contribution in [1.29, 1.82) is 0 Å². The molecule has 2 N–H and O–H groups in total. The smallest absolute Gasteiger partial charge is 0.324 e. The predicted molar refractivity (Wildman–Crippen MR) is 81.9 cm³/mol. The second-order valence-electron chi connectivity index (χ2n) is 4.35. The van der Waals surface area contributed by atoms with Crippen molar-refractivity contribution in [2.24, 2.45) is 0 Å². The fraction of sp³-hybridized carbons (Fsp3) is 0.538. The third-order valence-electron chi connectivity index (χ3n) is 2.78. The van der Waals surface area contributed by atoms with Crippen LogP contribution in [0, 0.1) is 0 Å². The van der Waals surface area contributed by atoms with Gasteiger partial charge in [-0.25, -0.2) is 5.09 Å². The van der Waals surface area contributed by atoms with Gasteiger partial charge in [0, 0.05) is 11.8 Å². The third-order valence-corrected chi connectivity index (χ3v) is 6.71. The predicted octanol–water partition coefficient (Wildman–Crippen LogP) is 3.46. The van der Waals surface area contributed by atoms with E-state index in [2.05, 4.69) is 5.09 Å². The average Bonchev–Trinajstić information content (AvgIpc) is 2.38. The minimum atomic E-state index is -3.28. The quantitative estimate of drug-likeness (QED) is 0.720. The summed E-state index contributed by atoms with van der Waals surface area (Å²) >= 11 is 1.12. The second kappa shape index (κ2) is 7.95. The van der Waals surface area contributed by atoms with Crippen molar-refractivity contribution >= 4 is 18.1 Å². The van der Waals surface area contributed by atoms with E-state index < -0.39 is 6.72 Å². The number of ether oxygens (including phenoxy) is 1. The number of rotatable bonds is 8. The summed E-state index contributed by atoms with van der Waals surface area (Å²) in [6.07, 6.45) is 1.60. The molecule has 0 bridgehead atoms. The first kappa shape index (κ1) is 16.6. The second-order valence-corrected chi connectivity index (χ2v) is 8.84. The van der Waals surface area contributed by atoms with Gasteiger partial charge in [0.25, 0.3) is 0 Å². The molecule has 0 fully saturated rings. The summed E-state index contributed by atoms with van der Waals surface area (Å²) in [5.74, 6) is 0.817. The van der Waals surface area contributed by atoms with Crippen molar-refractivity contribution in [3.8, 4) is 5.75 Å². The van der Waals surface area contributed by atoms with Crippen LogP contribution in [0.25, 0.3) is 0 Å². The maximum absolute atomic E-state index is 11.9. The summed E-state index contributed by atoms with van der Waals surface area (Å²) in [6, 6.07) is 7.71. The SMILES string of the molecule is CCC(C)SP(=O)(O)NCCc1ccc(OC)cc1. The minimum absolute atomic E-state index is 0.185. The van der Waals surface area contributed by atoms with E-state index in [1.807, 2.05) is 38.1 Å². The summed E-state index contributed by atoms with van der Waals surface area (Å²) in [6.45, 7) is 1.18. The Morgan fingerprint density at radius 2 is 2.05 bits per heavy atom. The van der Waals surface area contributed by atoms with Crippen LogP contribution < -0.4 is 9.82 Å². The molecule has 0 aliphatic carbocycles. The number of hydrogen-bond donors (Lipinski definition) is 2. The summed E-state index contributed by atoms with van der Waals surface area (Å²) < 4.78 is 16.9. The highest BCUT2D eigenvalue weighted by atomic mass is 32.7. The van der Waals surface area contributed by atoms with Gasteiger partial charge in [-0.2, -0.15) is 0 Å². The molecule has 0 aromatic heterocycles. The highest BCUT2D eigenvalue weighted by molar-refractivity contribution is 8.56.